The van der Waals surface area contributed by atoms with Crippen LogP contribution in [0.25, 0.3) is 0 Å². The summed E-state index contributed by atoms with van der Waals surface area (Å²) >= 11 is 0. The van der Waals surface area contributed by atoms with E-state index in [0.29, 0.717) is 6.04 Å². The lowest BCUT2D eigenvalue weighted by Gasteiger charge is -2.20. The van der Waals surface area contributed by atoms with Gasteiger partial charge in [0.05, 0.1) is 5.69 Å². The molecule has 3 heteroatoms. The normalized spacial score (nSPS) is 20.7. The zero-order valence-electron chi connectivity index (χ0n) is 10.9. The van der Waals surface area contributed by atoms with Gasteiger partial charge in [0, 0.05) is 19.1 Å². The van der Waals surface area contributed by atoms with Gasteiger partial charge < -0.3 is 5.32 Å². The second-order valence-electron chi connectivity index (χ2n) is 4.90. The Morgan fingerprint density at radius 3 is 3.06 bits per heavy atom. The highest BCUT2D eigenvalue weighted by atomic mass is 15.2. The molecule has 0 radical (unpaired) electrons. The van der Waals surface area contributed by atoms with Crippen molar-refractivity contribution in [2.45, 2.75) is 45.7 Å². The summed E-state index contributed by atoms with van der Waals surface area (Å²) in [5.74, 6) is 1.01. The largest absolute Gasteiger partial charge is 0.370 e. The zero-order chi connectivity index (χ0) is 12.1. The van der Waals surface area contributed by atoms with Crippen molar-refractivity contribution in [2.24, 2.45) is 0 Å². The molecule has 1 saturated heterocycles. The molecule has 17 heavy (non-hydrogen) atoms. The zero-order valence-corrected chi connectivity index (χ0v) is 10.9. The lowest BCUT2D eigenvalue weighted by atomic mass is 10.2. The summed E-state index contributed by atoms with van der Waals surface area (Å²) in [6.45, 7) is 7.68. The number of anilines is 1. The van der Waals surface area contributed by atoms with Gasteiger partial charge in [-0.3, -0.25) is 4.90 Å². The van der Waals surface area contributed by atoms with Crippen molar-refractivity contribution in [1.82, 2.24) is 9.88 Å². The third kappa shape index (κ3) is 3.43. The maximum atomic E-state index is 4.66. The van der Waals surface area contributed by atoms with Crippen LogP contribution in [0.5, 0.6) is 0 Å². The third-order valence-electron chi connectivity index (χ3n) is 3.42. The molecule has 1 unspecified atom stereocenters. The van der Waals surface area contributed by atoms with Crippen LogP contribution in [-0.2, 0) is 6.54 Å². The van der Waals surface area contributed by atoms with Gasteiger partial charge in [-0.25, -0.2) is 4.98 Å². The van der Waals surface area contributed by atoms with E-state index in [2.05, 4.69) is 41.2 Å². The number of pyridine rings is 1. The molecule has 2 rings (SSSR count). The van der Waals surface area contributed by atoms with Crippen LogP contribution in [0, 0.1) is 0 Å². The van der Waals surface area contributed by atoms with Gasteiger partial charge >= 0.3 is 0 Å². The summed E-state index contributed by atoms with van der Waals surface area (Å²) in [6.07, 6.45) is 3.79. The van der Waals surface area contributed by atoms with Crippen LogP contribution in [-0.4, -0.2) is 29.0 Å². The van der Waals surface area contributed by atoms with E-state index in [1.165, 1.54) is 25.1 Å². The highest BCUT2D eigenvalue weighted by molar-refractivity contribution is 5.35. The first kappa shape index (κ1) is 12.4. The lowest BCUT2D eigenvalue weighted by molar-refractivity contribution is 0.257. The first-order valence-electron chi connectivity index (χ1n) is 6.73. The van der Waals surface area contributed by atoms with Gasteiger partial charge in [0.1, 0.15) is 5.82 Å². The van der Waals surface area contributed by atoms with E-state index in [4.69, 9.17) is 0 Å². The second-order valence-corrected chi connectivity index (χ2v) is 4.90. The van der Waals surface area contributed by atoms with Crippen LogP contribution in [0.3, 0.4) is 0 Å². The average Bonchev–Trinajstić information content (AvgIpc) is 2.73. The Bertz CT molecular complexity index is 351. The molecule has 1 atom stereocenters. The number of hydrogen-bond donors (Lipinski definition) is 1. The molecule has 0 aliphatic carbocycles. The monoisotopic (exact) mass is 233 g/mol. The van der Waals surface area contributed by atoms with Crippen molar-refractivity contribution < 1.29 is 0 Å². The first-order valence-corrected chi connectivity index (χ1v) is 6.73. The van der Waals surface area contributed by atoms with Gasteiger partial charge in [0.15, 0.2) is 0 Å². The van der Waals surface area contributed by atoms with E-state index >= 15 is 0 Å². The van der Waals surface area contributed by atoms with Gasteiger partial charge in [-0.1, -0.05) is 13.0 Å². The number of hydrogen-bond acceptors (Lipinski definition) is 3. The Hall–Kier alpha value is -1.09. The molecule has 0 amide bonds. The number of nitrogens with zero attached hydrogens (tertiary/aromatic N) is 2. The molecule has 1 aromatic rings. The standard InChI is InChI=1S/C14H23N3/c1-3-9-15-14-8-4-7-13(16-14)11-17-10-5-6-12(17)2/h4,7-8,12H,3,5-6,9-11H2,1-2H3,(H,15,16). The summed E-state index contributed by atoms with van der Waals surface area (Å²) in [4.78, 5) is 7.18. The Labute approximate surface area is 104 Å². The molecule has 94 valence electrons. The van der Waals surface area contributed by atoms with Crippen molar-refractivity contribution in [3.8, 4) is 0 Å². The predicted molar refractivity (Wildman–Crippen MR) is 72.1 cm³/mol. The minimum absolute atomic E-state index is 0.712. The molecule has 1 N–H and O–H groups in total. The summed E-state index contributed by atoms with van der Waals surface area (Å²) in [5, 5.41) is 3.34. The molecule has 1 aromatic heterocycles. The Morgan fingerprint density at radius 1 is 1.47 bits per heavy atom. The highest BCUT2D eigenvalue weighted by Crippen LogP contribution is 2.19. The van der Waals surface area contributed by atoms with Gasteiger partial charge in [-0.2, -0.15) is 0 Å². The molecule has 0 bridgehead atoms. The summed E-state index contributed by atoms with van der Waals surface area (Å²) in [5.41, 5.74) is 1.18. The Morgan fingerprint density at radius 2 is 2.35 bits per heavy atom. The van der Waals surface area contributed by atoms with E-state index in [1.807, 2.05) is 6.07 Å². The molecule has 2 heterocycles. The number of rotatable bonds is 5. The van der Waals surface area contributed by atoms with Gasteiger partial charge in [0.2, 0.25) is 0 Å². The molecule has 1 aliphatic rings. The third-order valence-corrected chi connectivity index (χ3v) is 3.42. The topological polar surface area (TPSA) is 28.2 Å². The molecule has 1 fully saturated rings. The lowest BCUT2D eigenvalue weighted by Crippen LogP contribution is -2.26. The van der Waals surface area contributed by atoms with E-state index in [0.717, 1.165) is 25.3 Å². The average molecular weight is 233 g/mol. The summed E-state index contributed by atoms with van der Waals surface area (Å²) in [7, 11) is 0. The van der Waals surface area contributed by atoms with Gasteiger partial charge in [-0.15, -0.1) is 0 Å². The fourth-order valence-electron chi connectivity index (χ4n) is 2.35. The van der Waals surface area contributed by atoms with E-state index < -0.39 is 0 Å². The Balaban J connectivity index is 1.95. The van der Waals surface area contributed by atoms with Crippen molar-refractivity contribution in [3.05, 3.63) is 23.9 Å². The maximum absolute atomic E-state index is 4.66. The number of likely N-dealkylation sites (tertiary alicyclic amines) is 1. The maximum Gasteiger partial charge on any atom is 0.126 e. The highest BCUT2D eigenvalue weighted by Gasteiger charge is 2.20. The van der Waals surface area contributed by atoms with Crippen molar-refractivity contribution in [2.75, 3.05) is 18.4 Å². The SMILES string of the molecule is CCCNc1cccc(CN2CCCC2C)n1. The Kier molecular flexibility index (Phi) is 4.37. The molecule has 0 aromatic carbocycles. The van der Waals surface area contributed by atoms with Crippen LogP contribution in [0.4, 0.5) is 5.82 Å². The molecule has 0 spiro atoms. The van der Waals surface area contributed by atoms with Crippen LogP contribution in [0.15, 0.2) is 18.2 Å². The molecule has 3 nitrogen and oxygen atoms in total. The second kappa shape index (κ2) is 6.01. The van der Waals surface area contributed by atoms with Crippen molar-refractivity contribution >= 4 is 5.82 Å². The van der Waals surface area contributed by atoms with E-state index in [1.54, 1.807) is 0 Å². The minimum atomic E-state index is 0.712. The van der Waals surface area contributed by atoms with Crippen LogP contribution < -0.4 is 5.32 Å². The van der Waals surface area contributed by atoms with Gasteiger partial charge in [-0.05, 0) is 44.9 Å². The van der Waals surface area contributed by atoms with Crippen LogP contribution in [0.1, 0.15) is 38.8 Å². The number of nitrogens with one attached hydrogen (secondary N) is 1. The van der Waals surface area contributed by atoms with E-state index in [9.17, 15) is 0 Å². The number of aromatic nitrogens is 1. The minimum Gasteiger partial charge on any atom is -0.370 e. The molecule has 0 saturated carbocycles. The van der Waals surface area contributed by atoms with Crippen molar-refractivity contribution in [3.63, 3.8) is 0 Å². The quantitative estimate of drug-likeness (QED) is 0.847. The summed E-state index contributed by atoms with van der Waals surface area (Å²) < 4.78 is 0. The van der Waals surface area contributed by atoms with Crippen LogP contribution in [0.2, 0.25) is 0 Å². The smallest absolute Gasteiger partial charge is 0.126 e. The molecule has 1 aliphatic heterocycles. The van der Waals surface area contributed by atoms with Crippen LogP contribution >= 0.6 is 0 Å². The predicted octanol–water partition coefficient (Wildman–Crippen LogP) is 2.89. The molecular formula is C14H23N3. The molecular weight excluding hydrogens is 210 g/mol. The summed E-state index contributed by atoms with van der Waals surface area (Å²) in [6, 6.07) is 6.99. The van der Waals surface area contributed by atoms with Crippen molar-refractivity contribution in [1.29, 1.82) is 0 Å². The first-order chi connectivity index (χ1) is 8.29. The van der Waals surface area contributed by atoms with E-state index in [-0.39, 0.29) is 0 Å². The van der Waals surface area contributed by atoms with Gasteiger partial charge in [0.25, 0.3) is 0 Å². The fourth-order valence-corrected chi connectivity index (χ4v) is 2.35. The fraction of sp³-hybridized carbons (Fsp3) is 0.643.